The number of ether oxygens (including phenoxy) is 1. The van der Waals surface area contributed by atoms with Crippen molar-refractivity contribution in [2.24, 2.45) is 11.8 Å². The third-order valence-electron chi connectivity index (χ3n) is 3.29. The Morgan fingerprint density at radius 2 is 1.83 bits per heavy atom. The number of amides is 1. The summed E-state index contributed by atoms with van der Waals surface area (Å²) >= 11 is 0. The number of rotatable bonds is 3. The first-order valence-corrected chi connectivity index (χ1v) is 7.00. The summed E-state index contributed by atoms with van der Waals surface area (Å²) in [4.78, 5) is 11.9. The zero-order chi connectivity index (χ0) is 13.8. The Balaban J connectivity index is 2.54. The van der Waals surface area contributed by atoms with Gasteiger partial charge >= 0.3 is 6.09 Å². The molecule has 4 heteroatoms. The van der Waals surface area contributed by atoms with E-state index in [0.717, 1.165) is 25.9 Å². The summed E-state index contributed by atoms with van der Waals surface area (Å²) in [6.07, 6.45) is 1.96. The fourth-order valence-electron chi connectivity index (χ4n) is 2.48. The molecule has 1 fully saturated rings. The number of alkyl carbamates (subject to hydrolysis) is 1. The summed E-state index contributed by atoms with van der Waals surface area (Å²) in [6, 6.07) is 0.210. The highest BCUT2D eigenvalue weighted by Gasteiger charge is 2.29. The Morgan fingerprint density at radius 3 is 2.28 bits per heavy atom. The summed E-state index contributed by atoms with van der Waals surface area (Å²) in [5, 5.41) is 6.41. The van der Waals surface area contributed by atoms with E-state index in [2.05, 4.69) is 24.5 Å². The molecule has 0 aromatic rings. The van der Waals surface area contributed by atoms with E-state index in [1.807, 2.05) is 20.8 Å². The highest BCUT2D eigenvalue weighted by atomic mass is 16.6. The molecule has 0 saturated carbocycles. The lowest BCUT2D eigenvalue weighted by Gasteiger charge is -2.34. The highest BCUT2D eigenvalue weighted by molar-refractivity contribution is 5.68. The van der Waals surface area contributed by atoms with Crippen molar-refractivity contribution < 1.29 is 9.53 Å². The number of hydrogen-bond acceptors (Lipinski definition) is 3. The molecular weight excluding hydrogens is 228 g/mol. The van der Waals surface area contributed by atoms with Crippen LogP contribution in [0.25, 0.3) is 0 Å². The van der Waals surface area contributed by atoms with Crippen molar-refractivity contribution in [2.45, 2.75) is 59.1 Å². The summed E-state index contributed by atoms with van der Waals surface area (Å²) in [5.41, 5.74) is -0.431. The number of nitrogens with one attached hydrogen (secondary N) is 2. The maximum Gasteiger partial charge on any atom is 0.407 e. The van der Waals surface area contributed by atoms with E-state index in [9.17, 15) is 4.79 Å². The van der Waals surface area contributed by atoms with Crippen molar-refractivity contribution in [1.29, 1.82) is 0 Å². The molecule has 18 heavy (non-hydrogen) atoms. The van der Waals surface area contributed by atoms with Crippen molar-refractivity contribution in [2.75, 3.05) is 13.1 Å². The maximum absolute atomic E-state index is 11.9. The van der Waals surface area contributed by atoms with Gasteiger partial charge in [-0.15, -0.1) is 0 Å². The van der Waals surface area contributed by atoms with E-state index >= 15 is 0 Å². The molecule has 0 radical (unpaired) electrons. The van der Waals surface area contributed by atoms with Crippen molar-refractivity contribution in [3.8, 4) is 0 Å². The minimum Gasteiger partial charge on any atom is -0.444 e. The van der Waals surface area contributed by atoms with Crippen LogP contribution in [0.1, 0.15) is 47.5 Å². The molecule has 1 unspecified atom stereocenters. The van der Waals surface area contributed by atoms with Gasteiger partial charge in [-0.2, -0.15) is 0 Å². The minimum atomic E-state index is -0.431. The largest absolute Gasteiger partial charge is 0.444 e. The van der Waals surface area contributed by atoms with Crippen LogP contribution in [0, 0.1) is 11.8 Å². The van der Waals surface area contributed by atoms with E-state index in [-0.39, 0.29) is 12.1 Å². The number of carbonyl (C=O) groups is 1. The number of piperidine rings is 1. The molecule has 4 nitrogen and oxygen atoms in total. The smallest absolute Gasteiger partial charge is 0.407 e. The van der Waals surface area contributed by atoms with Gasteiger partial charge in [0.2, 0.25) is 0 Å². The fourth-order valence-corrected chi connectivity index (χ4v) is 2.48. The molecule has 0 bridgehead atoms. The monoisotopic (exact) mass is 256 g/mol. The molecule has 1 aliphatic rings. The van der Waals surface area contributed by atoms with Crippen LogP contribution in [-0.4, -0.2) is 30.8 Å². The maximum atomic E-state index is 11.9. The van der Waals surface area contributed by atoms with E-state index < -0.39 is 5.60 Å². The third-order valence-corrected chi connectivity index (χ3v) is 3.29. The Labute approximate surface area is 111 Å². The molecule has 0 spiro atoms. The predicted octanol–water partition coefficient (Wildman–Crippen LogP) is 2.54. The molecule has 2 N–H and O–H groups in total. The predicted molar refractivity (Wildman–Crippen MR) is 73.6 cm³/mol. The Hall–Kier alpha value is -0.770. The minimum absolute atomic E-state index is 0.210. The molecule has 0 aromatic carbocycles. The Morgan fingerprint density at radius 1 is 1.28 bits per heavy atom. The Kier molecular flexibility index (Phi) is 5.45. The van der Waals surface area contributed by atoms with Gasteiger partial charge in [0.1, 0.15) is 5.60 Å². The van der Waals surface area contributed by atoms with Gasteiger partial charge in [-0.05, 0) is 58.5 Å². The second kappa shape index (κ2) is 6.41. The van der Waals surface area contributed by atoms with Crippen molar-refractivity contribution in [3.05, 3.63) is 0 Å². The Bertz CT molecular complexity index is 265. The van der Waals surface area contributed by atoms with Crippen LogP contribution in [0.4, 0.5) is 4.79 Å². The topological polar surface area (TPSA) is 50.4 Å². The van der Waals surface area contributed by atoms with Gasteiger partial charge in [-0.1, -0.05) is 13.8 Å². The SMILES string of the molecule is CC(C)C(NC(=O)OC(C)(C)C)C1CCNCC1. The van der Waals surface area contributed by atoms with Crippen LogP contribution in [0.5, 0.6) is 0 Å². The zero-order valence-corrected chi connectivity index (χ0v) is 12.4. The van der Waals surface area contributed by atoms with Crippen LogP contribution in [0.15, 0.2) is 0 Å². The average molecular weight is 256 g/mol. The van der Waals surface area contributed by atoms with Crippen LogP contribution < -0.4 is 10.6 Å². The summed E-state index contributed by atoms with van der Waals surface area (Å²) in [7, 11) is 0. The van der Waals surface area contributed by atoms with Gasteiger partial charge in [-0.25, -0.2) is 4.79 Å². The lowest BCUT2D eigenvalue weighted by Crippen LogP contribution is -2.48. The number of hydrogen-bond donors (Lipinski definition) is 2. The van der Waals surface area contributed by atoms with E-state index in [4.69, 9.17) is 4.74 Å². The zero-order valence-electron chi connectivity index (χ0n) is 12.4. The van der Waals surface area contributed by atoms with Gasteiger partial charge in [0.15, 0.2) is 0 Å². The van der Waals surface area contributed by atoms with E-state index in [0.29, 0.717) is 11.8 Å². The molecular formula is C14H28N2O2. The first-order valence-electron chi connectivity index (χ1n) is 7.00. The first-order chi connectivity index (χ1) is 8.29. The average Bonchev–Trinajstić information content (AvgIpc) is 2.24. The fraction of sp³-hybridized carbons (Fsp3) is 0.929. The van der Waals surface area contributed by atoms with Crippen LogP contribution in [-0.2, 0) is 4.74 Å². The summed E-state index contributed by atoms with van der Waals surface area (Å²) in [5.74, 6) is 0.986. The molecule has 1 amide bonds. The third kappa shape index (κ3) is 5.25. The van der Waals surface area contributed by atoms with Gasteiger partial charge < -0.3 is 15.4 Å². The molecule has 0 aliphatic carbocycles. The van der Waals surface area contributed by atoms with Crippen molar-refractivity contribution in [1.82, 2.24) is 10.6 Å². The normalized spacial score (nSPS) is 19.7. The summed E-state index contributed by atoms with van der Waals surface area (Å²) < 4.78 is 5.34. The lowest BCUT2D eigenvalue weighted by atomic mass is 9.84. The molecule has 1 aliphatic heterocycles. The second-order valence-electron chi connectivity index (χ2n) is 6.50. The molecule has 1 rings (SSSR count). The standard InChI is InChI=1S/C14H28N2O2/c1-10(2)12(11-6-8-15-9-7-11)16-13(17)18-14(3,4)5/h10-12,15H,6-9H2,1-5H3,(H,16,17). The van der Waals surface area contributed by atoms with Gasteiger partial charge in [0, 0.05) is 6.04 Å². The lowest BCUT2D eigenvalue weighted by molar-refractivity contribution is 0.0455. The van der Waals surface area contributed by atoms with Crippen LogP contribution >= 0.6 is 0 Å². The molecule has 1 atom stereocenters. The van der Waals surface area contributed by atoms with Gasteiger partial charge in [0.25, 0.3) is 0 Å². The van der Waals surface area contributed by atoms with E-state index in [1.165, 1.54) is 0 Å². The summed E-state index contributed by atoms with van der Waals surface area (Å²) in [6.45, 7) is 12.1. The van der Waals surface area contributed by atoms with Crippen molar-refractivity contribution >= 4 is 6.09 Å². The number of carbonyl (C=O) groups excluding carboxylic acids is 1. The molecule has 0 aromatic heterocycles. The van der Waals surface area contributed by atoms with Crippen LogP contribution in [0.3, 0.4) is 0 Å². The highest BCUT2D eigenvalue weighted by Crippen LogP contribution is 2.22. The van der Waals surface area contributed by atoms with E-state index in [1.54, 1.807) is 0 Å². The van der Waals surface area contributed by atoms with Gasteiger partial charge in [0.05, 0.1) is 0 Å². The second-order valence-corrected chi connectivity index (χ2v) is 6.50. The van der Waals surface area contributed by atoms with Gasteiger partial charge in [-0.3, -0.25) is 0 Å². The van der Waals surface area contributed by atoms with Crippen molar-refractivity contribution in [3.63, 3.8) is 0 Å². The quantitative estimate of drug-likeness (QED) is 0.816. The molecule has 106 valence electrons. The molecule has 1 saturated heterocycles. The van der Waals surface area contributed by atoms with Crippen LogP contribution in [0.2, 0.25) is 0 Å². The first kappa shape index (κ1) is 15.3. The molecule has 1 heterocycles.